The lowest BCUT2D eigenvalue weighted by Crippen LogP contribution is -2.42. The smallest absolute Gasteiger partial charge is 0.468 e. The van der Waals surface area contributed by atoms with E-state index in [1.807, 2.05) is 0 Å². The van der Waals surface area contributed by atoms with Gasteiger partial charge in [0, 0.05) is 27.4 Å². The maximum atomic E-state index is 9.83. The van der Waals surface area contributed by atoms with Crippen molar-refractivity contribution in [3.05, 3.63) is 0 Å². The summed E-state index contributed by atoms with van der Waals surface area (Å²) in [4.78, 5) is 9.83. The average Bonchev–Trinajstić information content (AvgIpc) is 2.20. The molecule has 0 saturated carbocycles. The highest BCUT2D eigenvalue weighted by Crippen LogP contribution is 2.14. The number of carbonyl (C=O) groups excluding carboxylic acids is 1. The number of hydrogen-bond donors (Lipinski definition) is 0. The molecule has 0 radical (unpaired) electrons. The van der Waals surface area contributed by atoms with Gasteiger partial charge in [-0.1, -0.05) is 0 Å². The van der Waals surface area contributed by atoms with E-state index in [0.717, 1.165) is 0 Å². The van der Waals surface area contributed by atoms with Crippen molar-refractivity contribution >= 4 is 15.3 Å². The van der Waals surface area contributed by atoms with Gasteiger partial charge in [-0.3, -0.25) is 4.79 Å². The molecular weight excluding hydrogens is 192 g/mol. The predicted octanol–water partition coefficient (Wildman–Crippen LogP) is 0.428. The first-order valence-electron chi connectivity index (χ1n) is 3.95. The second-order valence-corrected chi connectivity index (χ2v) is 5.46. The zero-order valence-electron chi connectivity index (χ0n) is 8.24. The second-order valence-electron chi connectivity index (χ2n) is 2.37. The lowest BCUT2D eigenvalue weighted by molar-refractivity contribution is -0.128. The van der Waals surface area contributed by atoms with Crippen molar-refractivity contribution in [3.8, 4) is 0 Å². The van der Waals surface area contributed by atoms with Crippen molar-refractivity contribution in [3.63, 3.8) is 0 Å². The standard InChI is InChI=1S/C7H16O5Si/c1-9-13(10-2,11-3)6-4-5-12-7-8/h7H,4-6H2,1-3H3. The summed E-state index contributed by atoms with van der Waals surface area (Å²) in [5.74, 6) is 0. The third kappa shape index (κ3) is 4.37. The highest BCUT2D eigenvalue weighted by Gasteiger charge is 2.36. The van der Waals surface area contributed by atoms with Gasteiger partial charge in [-0.15, -0.1) is 0 Å². The van der Waals surface area contributed by atoms with Gasteiger partial charge in [0.1, 0.15) is 0 Å². The van der Waals surface area contributed by atoms with E-state index in [1.165, 1.54) is 0 Å². The molecule has 0 heterocycles. The molecule has 5 nitrogen and oxygen atoms in total. The molecule has 78 valence electrons. The van der Waals surface area contributed by atoms with Crippen LogP contribution in [0, 0.1) is 0 Å². The van der Waals surface area contributed by atoms with Crippen LogP contribution in [0.4, 0.5) is 0 Å². The Morgan fingerprint density at radius 3 is 2.08 bits per heavy atom. The van der Waals surface area contributed by atoms with Crippen molar-refractivity contribution < 1.29 is 22.8 Å². The topological polar surface area (TPSA) is 54.0 Å². The van der Waals surface area contributed by atoms with Crippen LogP contribution in [-0.4, -0.2) is 43.2 Å². The van der Waals surface area contributed by atoms with E-state index in [2.05, 4.69) is 4.74 Å². The first-order chi connectivity index (χ1) is 6.24. The molecule has 0 bridgehead atoms. The van der Waals surface area contributed by atoms with Gasteiger partial charge in [-0.2, -0.15) is 0 Å². The molecule has 13 heavy (non-hydrogen) atoms. The van der Waals surface area contributed by atoms with Gasteiger partial charge in [-0.05, 0) is 6.42 Å². The molecule has 0 saturated heterocycles. The van der Waals surface area contributed by atoms with Crippen LogP contribution in [0.1, 0.15) is 6.42 Å². The molecule has 0 aromatic rings. The van der Waals surface area contributed by atoms with Crippen LogP contribution in [0.2, 0.25) is 6.04 Å². The van der Waals surface area contributed by atoms with Crippen LogP contribution >= 0.6 is 0 Å². The maximum Gasteiger partial charge on any atom is 0.500 e. The molecule has 0 rings (SSSR count). The zero-order valence-corrected chi connectivity index (χ0v) is 9.24. The minimum atomic E-state index is -2.46. The molecule has 0 atom stereocenters. The number of rotatable bonds is 8. The fraction of sp³-hybridized carbons (Fsp3) is 0.857. The summed E-state index contributed by atoms with van der Waals surface area (Å²) < 4.78 is 20.0. The third-order valence-corrected chi connectivity index (χ3v) is 4.58. The molecule has 0 amide bonds. The summed E-state index contributed by atoms with van der Waals surface area (Å²) in [6, 6.07) is 0.643. The van der Waals surface area contributed by atoms with E-state index >= 15 is 0 Å². The largest absolute Gasteiger partial charge is 0.500 e. The average molecular weight is 208 g/mol. The summed E-state index contributed by atoms with van der Waals surface area (Å²) in [5, 5.41) is 0. The van der Waals surface area contributed by atoms with Gasteiger partial charge < -0.3 is 18.0 Å². The molecule has 0 aromatic carbocycles. The Morgan fingerprint density at radius 1 is 1.15 bits per heavy atom. The Morgan fingerprint density at radius 2 is 1.69 bits per heavy atom. The first kappa shape index (κ1) is 12.6. The van der Waals surface area contributed by atoms with Crippen LogP contribution in [-0.2, 0) is 22.8 Å². The fourth-order valence-corrected chi connectivity index (χ4v) is 2.67. The molecule has 6 heteroatoms. The lowest BCUT2D eigenvalue weighted by atomic mass is 10.5. The Hall–Kier alpha value is -0.433. The Labute approximate surface area is 79.3 Å². The fourth-order valence-electron chi connectivity index (χ4n) is 0.976. The maximum absolute atomic E-state index is 9.83. The highest BCUT2D eigenvalue weighted by molar-refractivity contribution is 6.60. The van der Waals surface area contributed by atoms with Gasteiger partial charge in [-0.25, -0.2) is 0 Å². The molecule has 0 aliphatic rings. The third-order valence-electron chi connectivity index (χ3n) is 1.75. The van der Waals surface area contributed by atoms with E-state index < -0.39 is 8.80 Å². The zero-order chi connectivity index (χ0) is 10.2. The number of carbonyl (C=O) groups is 1. The van der Waals surface area contributed by atoms with Crippen molar-refractivity contribution in [2.75, 3.05) is 27.9 Å². The molecule has 0 spiro atoms. The molecule has 0 aliphatic carbocycles. The summed E-state index contributed by atoms with van der Waals surface area (Å²) >= 11 is 0. The van der Waals surface area contributed by atoms with Crippen LogP contribution < -0.4 is 0 Å². The molecule has 0 aromatic heterocycles. The molecule has 0 unspecified atom stereocenters. The predicted molar refractivity (Wildman–Crippen MR) is 48.2 cm³/mol. The molecule has 0 aliphatic heterocycles. The first-order valence-corrected chi connectivity index (χ1v) is 5.88. The Bertz CT molecular complexity index is 129. The second kappa shape index (κ2) is 7.02. The van der Waals surface area contributed by atoms with Gasteiger partial charge in [0.05, 0.1) is 6.61 Å². The van der Waals surface area contributed by atoms with Crippen LogP contribution in [0.5, 0.6) is 0 Å². The summed E-state index contributed by atoms with van der Waals surface area (Å²) in [5.41, 5.74) is 0. The number of ether oxygens (including phenoxy) is 1. The van der Waals surface area contributed by atoms with Gasteiger partial charge in [0.2, 0.25) is 0 Å². The van der Waals surface area contributed by atoms with E-state index in [-0.39, 0.29) is 0 Å². The van der Waals surface area contributed by atoms with Crippen molar-refractivity contribution in [1.82, 2.24) is 0 Å². The molecule has 0 N–H and O–H groups in total. The van der Waals surface area contributed by atoms with Crippen molar-refractivity contribution in [1.29, 1.82) is 0 Å². The van der Waals surface area contributed by atoms with Crippen LogP contribution in [0.15, 0.2) is 0 Å². The van der Waals surface area contributed by atoms with Crippen molar-refractivity contribution in [2.45, 2.75) is 12.5 Å². The molecular formula is C7H16O5Si. The quantitative estimate of drug-likeness (QED) is 0.329. The highest BCUT2D eigenvalue weighted by atomic mass is 28.4. The SMILES string of the molecule is CO[Si](CCCOC=O)(OC)OC. The Kier molecular flexibility index (Phi) is 6.78. The minimum Gasteiger partial charge on any atom is -0.468 e. The van der Waals surface area contributed by atoms with Gasteiger partial charge in [0.15, 0.2) is 0 Å². The molecule has 0 fully saturated rings. The number of hydrogen-bond acceptors (Lipinski definition) is 5. The van der Waals surface area contributed by atoms with Gasteiger partial charge in [0.25, 0.3) is 6.47 Å². The van der Waals surface area contributed by atoms with E-state index in [9.17, 15) is 4.79 Å². The minimum absolute atomic E-state index is 0.369. The summed E-state index contributed by atoms with van der Waals surface area (Å²) in [7, 11) is 2.20. The van der Waals surface area contributed by atoms with E-state index in [1.54, 1.807) is 21.3 Å². The monoisotopic (exact) mass is 208 g/mol. The lowest BCUT2D eigenvalue weighted by Gasteiger charge is -2.23. The van der Waals surface area contributed by atoms with Crippen LogP contribution in [0.25, 0.3) is 0 Å². The van der Waals surface area contributed by atoms with Crippen molar-refractivity contribution in [2.24, 2.45) is 0 Å². The normalized spacial score (nSPS) is 11.3. The van der Waals surface area contributed by atoms with Crippen LogP contribution in [0.3, 0.4) is 0 Å². The van der Waals surface area contributed by atoms with Gasteiger partial charge >= 0.3 is 8.80 Å². The summed E-state index contributed by atoms with van der Waals surface area (Å²) in [6.45, 7) is 0.796. The van der Waals surface area contributed by atoms with E-state index in [4.69, 9.17) is 13.3 Å². The summed E-state index contributed by atoms with van der Waals surface area (Å²) in [6.07, 6.45) is 0.681. The Balaban J connectivity index is 3.74. The van der Waals surface area contributed by atoms with E-state index in [0.29, 0.717) is 25.5 Å².